The maximum Gasteiger partial charge on any atom is 0.318 e. The molecular formula is C11H16N4O. The van der Waals surface area contributed by atoms with Gasteiger partial charge in [0.05, 0.1) is 18.3 Å². The van der Waals surface area contributed by atoms with Crippen molar-refractivity contribution >= 4 is 6.03 Å². The second-order valence-electron chi connectivity index (χ2n) is 3.91. The predicted octanol–water partition coefficient (Wildman–Crippen LogP) is 0.195. The zero-order chi connectivity index (χ0) is 11.4. The first-order valence-corrected chi connectivity index (χ1v) is 5.39. The topological polar surface area (TPSA) is 57.3 Å². The molecule has 1 saturated heterocycles. The van der Waals surface area contributed by atoms with Gasteiger partial charge in [-0.05, 0) is 19.2 Å². The molecule has 1 unspecified atom stereocenters. The number of carbonyl (C=O) groups is 1. The zero-order valence-corrected chi connectivity index (χ0v) is 9.31. The number of hydrogen-bond donors (Lipinski definition) is 2. The number of rotatable bonds is 4. The predicted molar refractivity (Wildman–Crippen MR) is 60.9 cm³/mol. The Kier molecular flexibility index (Phi) is 3.36. The lowest BCUT2D eigenvalue weighted by Crippen LogP contribution is -2.35. The molecule has 0 spiro atoms. The molecule has 2 N–H and O–H groups in total. The van der Waals surface area contributed by atoms with Crippen LogP contribution in [-0.4, -0.2) is 42.1 Å². The highest BCUT2D eigenvalue weighted by Gasteiger charge is 2.27. The van der Waals surface area contributed by atoms with E-state index in [-0.39, 0.29) is 12.1 Å². The Bertz CT molecular complexity index is 354. The standard InChI is InChI=1S/C11H16N4O/c1-12-6-10-8-15(11(16)14-10)7-9-4-2-3-5-13-9/h2-5,10,12H,6-8H2,1H3,(H,14,16). The van der Waals surface area contributed by atoms with Gasteiger partial charge in [-0.15, -0.1) is 0 Å². The third kappa shape index (κ3) is 2.49. The summed E-state index contributed by atoms with van der Waals surface area (Å²) >= 11 is 0. The fraction of sp³-hybridized carbons (Fsp3) is 0.455. The smallest absolute Gasteiger partial charge is 0.318 e. The molecule has 2 rings (SSSR count). The van der Waals surface area contributed by atoms with Crippen molar-refractivity contribution in [1.82, 2.24) is 20.5 Å². The highest BCUT2D eigenvalue weighted by Crippen LogP contribution is 2.08. The van der Waals surface area contributed by atoms with Crippen LogP contribution in [0.1, 0.15) is 5.69 Å². The number of pyridine rings is 1. The van der Waals surface area contributed by atoms with E-state index in [0.717, 1.165) is 18.8 Å². The summed E-state index contributed by atoms with van der Waals surface area (Å²) in [5, 5.41) is 5.98. The lowest BCUT2D eigenvalue weighted by Gasteiger charge is -2.13. The van der Waals surface area contributed by atoms with Crippen molar-refractivity contribution in [3.05, 3.63) is 30.1 Å². The average molecular weight is 220 g/mol. The molecule has 86 valence electrons. The van der Waals surface area contributed by atoms with Gasteiger partial charge in [-0.3, -0.25) is 4.98 Å². The van der Waals surface area contributed by atoms with Gasteiger partial charge in [-0.2, -0.15) is 0 Å². The average Bonchev–Trinajstić information content (AvgIpc) is 2.61. The summed E-state index contributed by atoms with van der Waals surface area (Å²) in [6, 6.07) is 5.92. The Labute approximate surface area is 94.9 Å². The summed E-state index contributed by atoms with van der Waals surface area (Å²) in [6.07, 6.45) is 1.74. The molecule has 2 amide bonds. The Morgan fingerprint density at radius 3 is 3.19 bits per heavy atom. The SMILES string of the molecule is CNCC1CN(Cc2ccccn2)C(=O)N1. The van der Waals surface area contributed by atoms with Crippen LogP contribution in [0.4, 0.5) is 4.79 Å². The monoisotopic (exact) mass is 220 g/mol. The third-order valence-electron chi connectivity index (χ3n) is 2.59. The maximum atomic E-state index is 11.6. The molecule has 1 aliphatic heterocycles. The first-order chi connectivity index (χ1) is 7.79. The number of nitrogens with one attached hydrogen (secondary N) is 2. The number of likely N-dealkylation sites (N-methyl/N-ethyl adjacent to an activating group) is 1. The summed E-state index contributed by atoms with van der Waals surface area (Å²) in [4.78, 5) is 17.6. The molecule has 1 aliphatic rings. The molecule has 0 aliphatic carbocycles. The van der Waals surface area contributed by atoms with Crippen molar-refractivity contribution in [2.45, 2.75) is 12.6 Å². The molecule has 2 heterocycles. The Morgan fingerprint density at radius 1 is 1.62 bits per heavy atom. The van der Waals surface area contributed by atoms with Gasteiger partial charge in [-0.1, -0.05) is 6.07 Å². The van der Waals surface area contributed by atoms with Gasteiger partial charge in [0.25, 0.3) is 0 Å². The summed E-state index contributed by atoms with van der Waals surface area (Å²) in [5.74, 6) is 0. The largest absolute Gasteiger partial charge is 0.332 e. The van der Waals surface area contributed by atoms with E-state index >= 15 is 0 Å². The number of aromatic nitrogens is 1. The van der Waals surface area contributed by atoms with Gasteiger partial charge in [0.1, 0.15) is 0 Å². The number of nitrogens with zero attached hydrogens (tertiary/aromatic N) is 2. The minimum Gasteiger partial charge on any atom is -0.332 e. The van der Waals surface area contributed by atoms with E-state index in [4.69, 9.17) is 0 Å². The molecule has 16 heavy (non-hydrogen) atoms. The molecular weight excluding hydrogens is 204 g/mol. The highest BCUT2D eigenvalue weighted by atomic mass is 16.2. The first-order valence-electron chi connectivity index (χ1n) is 5.39. The first kappa shape index (κ1) is 10.9. The third-order valence-corrected chi connectivity index (χ3v) is 2.59. The van der Waals surface area contributed by atoms with E-state index in [9.17, 15) is 4.79 Å². The molecule has 1 aromatic rings. The van der Waals surface area contributed by atoms with Crippen LogP contribution in [0.2, 0.25) is 0 Å². The van der Waals surface area contributed by atoms with Crippen LogP contribution in [0.25, 0.3) is 0 Å². The molecule has 1 atom stereocenters. The van der Waals surface area contributed by atoms with Gasteiger partial charge in [0.15, 0.2) is 0 Å². The van der Waals surface area contributed by atoms with Crippen LogP contribution in [0.15, 0.2) is 24.4 Å². The van der Waals surface area contributed by atoms with E-state index in [0.29, 0.717) is 6.54 Å². The van der Waals surface area contributed by atoms with Crippen LogP contribution < -0.4 is 10.6 Å². The quantitative estimate of drug-likeness (QED) is 0.762. The van der Waals surface area contributed by atoms with E-state index < -0.39 is 0 Å². The Hall–Kier alpha value is -1.62. The lowest BCUT2D eigenvalue weighted by atomic mass is 10.3. The molecule has 1 aromatic heterocycles. The Balaban J connectivity index is 1.94. The van der Waals surface area contributed by atoms with Crippen molar-refractivity contribution in [2.75, 3.05) is 20.1 Å². The Morgan fingerprint density at radius 2 is 2.50 bits per heavy atom. The summed E-state index contributed by atoms with van der Waals surface area (Å²) in [6.45, 7) is 2.10. The van der Waals surface area contributed by atoms with E-state index in [1.165, 1.54) is 0 Å². The fourth-order valence-electron chi connectivity index (χ4n) is 1.85. The normalized spacial score (nSPS) is 19.9. The second kappa shape index (κ2) is 4.94. The van der Waals surface area contributed by atoms with Crippen LogP contribution in [-0.2, 0) is 6.54 Å². The minimum atomic E-state index is -0.00842. The molecule has 0 radical (unpaired) electrons. The zero-order valence-electron chi connectivity index (χ0n) is 9.31. The summed E-state index contributed by atoms with van der Waals surface area (Å²) in [7, 11) is 1.88. The van der Waals surface area contributed by atoms with Crippen LogP contribution >= 0.6 is 0 Å². The van der Waals surface area contributed by atoms with Gasteiger partial charge in [0, 0.05) is 19.3 Å². The fourth-order valence-corrected chi connectivity index (χ4v) is 1.85. The van der Waals surface area contributed by atoms with Crippen LogP contribution in [0.5, 0.6) is 0 Å². The van der Waals surface area contributed by atoms with E-state index in [2.05, 4.69) is 15.6 Å². The van der Waals surface area contributed by atoms with Crippen LogP contribution in [0.3, 0.4) is 0 Å². The number of amides is 2. The number of urea groups is 1. The van der Waals surface area contributed by atoms with E-state index in [1.807, 2.05) is 25.2 Å². The maximum absolute atomic E-state index is 11.6. The number of carbonyl (C=O) groups excluding carboxylic acids is 1. The van der Waals surface area contributed by atoms with Crippen molar-refractivity contribution in [3.63, 3.8) is 0 Å². The molecule has 0 saturated carbocycles. The van der Waals surface area contributed by atoms with Crippen molar-refractivity contribution in [1.29, 1.82) is 0 Å². The lowest BCUT2D eigenvalue weighted by molar-refractivity contribution is 0.215. The van der Waals surface area contributed by atoms with Gasteiger partial charge >= 0.3 is 6.03 Å². The van der Waals surface area contributed by atoms with Crippen LogP contribution in [0, 0.1) is 0 Å². The van der Waals surface area contributed by atoms with Gasteiger partial charge < -0.3 is 15.5 Å². The molecule has 0 aromatic carbocycles. The van der Waals surface area contributed by atoms with Crippen molar-refractivity contribution < 1.29 is 4.79 Å². The molecule has 1 fully saturated rings. The second-order valence-corrected chi connectivity index (χ2v) is 3.91. The van der Waals surface area contributed by atoms with Gasteiger partial charge in [0.2, 0.25) is 0 Å². The van der Waals surface area contributed by atoms with Crippen molar-refractivity contribution in [2.24, 2.45) is 0 Å². The summed E-state index contributed by atoms with van der Waals surface area (Å²) < 4.78 is 0. The highest BCUT2D eigenvalue weighted by molar-refractivity contribution is 5.76. The molecule has 0 bridgehead atoms. The molecule has 5 heteroatoms. The number of hydrogen-bond acceptors (Lipinski definition) is 3. The molecule has 5 nitrogen and oxygen atoms in total. The summed E-state index contributed by atoms with van der Waals surface area (Å²) in [5.41, 5.74) is 0.919. The van der Waals surface area contributed by atoms with Crippen molar-refractivity contribution in [3.8, 4) is 0 Å². The van der Waals surface area contributed by atoms with E-state index in [1.54, 1.807) is 11.1 Å². The van der Waals surface area contributed by atoms with Gasteiger partial charge in [-0.25, -0.2) is 4.79 Å². The minimum absolute atomic E-state index is 0.00842.